The average Bonchev–Trinajstić information content (AvgIpc) is 2.29. The zero-order valence-electron chi connectivity index (χ0n) is 8.86. The summed E-state index contributed by atoms with van der Waals surface area (Å²) in [5.74, 6) is 0.770. The van der Waals surface area contributed by atoms with Crippen LogP contribution in [-0.4, -0.2) is 17.0 Å². The number of aryl methyl sites for hydroxylation is 1. The van der Waals surface area contributed by atoms with Crippen LogP contribution in [0.25, 0.3) is 11.4 Å². The monoisotopic (exact) mass is 199 g/mol. The van der Waals surface area contributed by atoms with Gasteiger partial charge in [-0.1, -0.05) is 12.1 Å². The van der Waals surface area contributed by atoms with E-state index in [-0.39, 0.29) is 0 Å². The molecule has 76 valence electrons. The number of anilines is 1. The van der Waals surface area contributed by atoms with Crippen molar-refractivity contribution < 1.29 is 0 Å². The van der Waals surface area contributed by atoms with Crippen molar-refractivity contribution in [2.45, 2.75) is 6.92 Å². The van der Waals surface area contributed by atoms with Crippen LogP contribution >= 0.6 is 0 Å². The molecule has 0 bridgehead atoms. The highest BCUT2D eigenvalue weighted by molar-refractivity contribution is 5.62. The molecule has 15 heavy (non-hydrogen) atoms. The fourth-order valence-corrected chi connectivity index (χ4v) is 1.40. The number of rotatable bonds is 2. The summed E-state index contributed by atoms with van der Waals surface area (Å²) in [7, 11) is 1.90. The molecule has 2 aromatic rings. The first-order valence-corrected chi connectivity index (χ1v) is 4.87. The van der Waals surface area contributed by atoms with Gasteiger partial charge in [0.1, 0.15) is 0 Å². The lowest BCUT2D eigenvalue weighted by Crippen LogP contribution is -1.92. The van der Waals surface area contributed by atoms with Gasteiger partial charge in [0.15, 0.2) is 5.82 Å². The number of benzene rings is 1. The van der Waals surface area contributed by atoms with Gasteiger partial charge >= 0.3 is 0 Å². The summed E-state index contributed by atoms with van der Waals surface area (Å²) < 4.78 is 0. The molecule has 1 N–H and O–H groups in total. The third-order valence-electron chi connectivity index (χ3n) is 2.20. The smallest absolute Gasteiger partial charge is 0.159 e. The van der Waals surface area contributed by atoms with E-state index in [4.69, 9.17) is 0 Å². The number of nitrogens with one attached hydrogen (secondary N) is 1. The average molecular weight is 199 g/mol. The van der Waals surface area contributed by atoms with Gasteiger partial charge in [-0.25, -0.2) is 9.97 Å². The molecule has 0 saturated heterocycles. The van der Waals surface area contributed by atoms with Crippen molar-refractivity contribution in [3.8, 4) is 11.4 Å². The molecule has 3 heteroatoms. The van der Waals surface area contributed by atoms with Crippen molar-refractivity contribution >= 4 is 5.69 Å². The molecule has 0 amide bonds. The Morgan fingerprint density at radius 1 is 1.20 bits per heavy atom. The van der Waals surface area contributed by atoms with Crippen molar-refractivity contribution in [1.82, 2.24) is 9.97 Å². The van der Waals surface area contributed by atoms with E-state index >= 15 is 0 Å². The highest BCUT2D eigenvalue weighted by Crippen LogP contribution is 2.18. The van der Waals surface area contributed by atoms with E-state index in [2.05, 4.69) is 15.3 Å². The Balaban J connectivity index is 2.44. The Hall–Kier alpha value is -1.90. The summed E-state index contributed by atoms with van der Waals surface area (Å²) in [6.07, 6.45) is 1.78. The third kappa shape index (κ3) is 2.13. The van der Waals surface area contributed by atoms with E-state index in [9.17, 15) is 0 Å². The molecule has 1 heterocycles. The van der Waals surface area contributed by atoms with Crippen molar-refractivity contribution in [3.05, 3.63) is 42.2 Å². The summed E-state index contributed by atoms with van der Waals surface area (Å²) in [4.78, 5) is 8.63. The Morgan fingerprint density at radius 2 is 2.07 bits per heavy atom. The van der Waals surface area contributed by atoms with E-state index in [1.807, 2.05) is 44.3 Å². The molecule has 0 aliphatic carbocycles. The predicted molar refractivity (Wildman–Crippen MR) is 61.8 cm³/mol. The minimum Gasteiger partial charge on any atom is -0.388 e. The number of hydrogen-bond donors (Lipinski definition) is 1. The maximum Gasteiger partial charge on any atom is 0.159 e. The normalized spacial score (nSPS) is 10.0. The summed E-state index contributed by atoms with van der Waals surface area (Å²) >= 11 is 0. The zero-order valence-corrected chi connectivity index (χ0v) is 8.86. The minimum atomic E-state index is 0.770. The second kappa shape index (κ2) is 4.09. The summed E-state index contributed by atoms with van der Waals surface area (Å²) in [6.45, 7) is 1.97. The van der Waals surface area contributed by atoms with Crippen LogP contribution in [0, 0.1) is 6.92 Å². The molecule has 0 aliphatic rings. The van der Waals surface area contributed by atoms with Gasteiger partial charge in [-0.3, -0.25) is 0 Å². The number of aromatic nitrogens is 2. The molecule has 0 fully saturated rings. The SMILES string of the molecule is CNc1cccc(-c2nccc(C)n2)c1. The standard InChI is InChI=1S/C12H13N3/c1-9-6-7-14-12(15-9)10-4-3-5-11(8-10)13-2/h3-8,13H,1-2H3. The van der Waals surface area contributed by atoms with E-state index in [0.717, 1.165) is 22.8 Å². The van der Waals surface area contributed by atoms with Gasteiger partial charge in [-0.15, -0.1) is 0 Å². The van der Waals surface area contributed by atoms with Crippen molar-refractivity contribution in [1.29, 1.82) is 0 Å². The van der Waals surface area contributed by atoms with Crippen LogP contribution < -0.4 is 5.32 Å². The highest BCUT2D eigenvalue weighted by atomic mass is 14.9. The molecule has 0 spiro atoms. The van der Waals surface area contributed by atoms with Crippen LogP contribution in [0.2, 0.25) is 0 Å². The van der Waals surface area contributed by atoms with Gasteiger partial charge in [0.05, 0.1) is 0 Å². The quantitative estimate of drug-likeness (QED) is 0.807. The van der Waals surface area contributed by atoms with Gasteiger partial charge in [-0.2, -0.15) is 0 Å². The van der Waals surface area contributed by atoms with Crippen molar-refractivity contribution in [2.24, 2.45) is 0 Å². The molecule has 0 radical (unpaired) electrons. The van der Waals surface area contributed by atoms with Crippen LogP contribution in [0.15, 0.2) is 36.5 Å². The first kappa shape index (κ1) is 9.65. The van der Waals surface area contributed by atoms with Gasteiger partial charge < -0.3 is 5.32 Å². The van der Waals surface area contributed by atoms with E-state index < -0.39 is 0 Å². The molecular weight excluding hydrogens is 186 g/mol. The van der Waals surface area contributed by atoms with Crippen LogP contribution in [-0.2, 0) is 0 Å². The van der Waals surface area contributed by atoms with E-state index in [1.54, 1.807) is 6.20 Å². The predicted octanol–water partition coefficient (Wildman–Crippen LogP) is 2.49. The maximum atomic E-state index is 4.38. The van der Waals surface area contributed by atoms with Gasteiger partial charge in [0, 0.05) is 30.2 Å². The highest BCUT2D eigenvalue weighted by Gasteiger charge is 2.01. The topological polar surface area (TPSA) is 37.8 Å². The van der Waals surface area contributed by atoms with Crippen LogP contribution in [0.1, 0.15) is 5.69 Å². The fourth-order valence-electron chi connectivity index (χ4n) is 1.40. The van der Waals surface area contributed by atoms with Crippen molar-refractivity contribution in [3.63, 3.8) is 0 Å². The summed E-state index contributed by atoms with van der Waals surface area (Å²) in [6, 6.07) is 9.95. The van der Waals surface area contributed by atoms with E-state index in [0.29, 0.717) is 0 Å². The van der Waals surface area contributed by atoms with Crippen LogP contribution in [0.5, 0.6) is 0 Å². The first-order valence-electron chi connectivity index (χ1n) is 4.87. The molecule has 1 aromatic carbocycles. The molecular formula is C12H13N3. The molecule has 0 aliphatic heterocycles. The lowest BCUT2D eigenvalue weighted by atomic mass is 10.2. The van der Waals surface area contributed by atoms with Gasteiger partial charge in [0.2, 0.25) is 0 Å². The van der Waals surface area contributed by atoms with E-state index in [1.165, 1.54) is 0 Å². The summed E-state index contributed by atoms with van der Waals surface area (Å²) in [5, 5.41) is 3.10. The molecule has 0 unspecified atom stereocenters. The van der Waals surface area contributed by atoms with Gasteiger partial charge in [0.25, 0.3) is 0 Å². The Labute approximate surface area is 89.2 Å². The number of hydrogen-bond acceptors (Lipinski definition) is 3. The Morgan fingerprint density at radius 3 is 2.80 bits per heavy atom. The molecule has 1 aromatic heterocycles. The molecule has 0 saturated carbocycles. The summed E-state index contributed by atoms with van der Waals surface area (Å²) in [5.41, 5.74) is 3.08. The molecule has 3 nitrogen and oxygen atoms in total. The second-order valence-corrected chi connectivity index (χ2v) is 3.35. The van der Waals surface area contributed by atoms with Gasteiger partial charge in [-0.05, 0) is 25.1 Å². The van der Waals surface area contributed by atoms with Crippen molar-refractivity contribution in [2.75, 3.05) is 12.4 Å². The molecule has 0 atom stereocenters. The lowest BCUT2D eigenvalue weighted by molar-refractivity contribution is 1.11. The zero-order chi connectivity index (χ0) is 10.7. The Kier molecular flexibility index (Phi) is 2.63. The first-order chi connectivity index (χ1) is 7.29. The maximum absolute atomic E-state index is 4.38. The number of nitrogens with zero attached hydrogens (tertiary/aromatic N) is 2. The van der Waals surface area contributed by atoms with Crippen LogP contribution in [0.3, 0.4) is 0 Å². The Bertz CT molecular complexity index is 466. The minimum absolute atomic E-state index is 0.770. The van der Waals surface area contributed by atoms with Crippen LogP contribution in [0.4, 0.5) is 5.69 Å². The lowest BCUT2D eigenvalue weighted by Gasteiger charge is -2.03. The largest absolute Gasteiger partial charge is 0.388 e. The third-order valence-corrected chi connectivity index (χ3v) is 2.20. The fraction of sp³-hybridized carbons (Fsp3) is 0.167. The second-order valence-electron chi connectivity index (χ2n) is 3.35. The molecule has 2 rings (SSSR count).